The first-order valence-corrected chi connectivity index (χ1v) is 6.02. The van der Waals surface area contributed by atoms with E-state index >= 15 is 0 Å². The Balaban J connectivity index is 2.59. The summed E-state index contributed by atoms with van der Waals surface area (Å²) < 4.78 is 6.46. The van der Waals surface area contributed by atoms with E-state index < -0.39 is 4.92 Å². The quantitative estimate of drug-likeness (QED) is 0.638. The summed E-state index contributed by atoms with van der Waals surface area (Å²) in [6.45, 7) is 1.79. The molecule has 0 bridgehead atoms. The summed E-state index contributed by atoms with van der Waals surface area (Å²) in [6, 6.07) is 7.01. The lowest BCUT2D eigenvalue weighted by Gasteiger charge is -2.04. The molecule has 1 heterocycles. The molecule has 0 spiro atoms. The van der Waals surface area contributed by atoms with Gasteiger partial charge in [-0.1, -0.05) is 24.6 Å². The molecule has 2 rings (SSSR count). The summed E-state index contributed by atoms with van der Waals surface area (Å²) in [7, 11) is 1.55. The second-order valence-electron chi connectivity index (χ2n) is 3.81. The molecule has 1 aromatic heterocycles. The van der Waals surface area contributed by atoms with Crippen LogP contribution in [0.2, 0.25) is 5.15 Å². The van der Waals surface area contributed by atoms with Gasteiger partial charge in [-0.2, -0.15) is 5.10 Å². The first-order valence-electron chi connectivity index (χ1n) is 5.64. The molecular formula is C12H12ClN3O3. The lowest BCUT2D eigenvalue weighted by atomic mass is 10.3. The fraction of sp³-hybridized carbons (Fsp3) is 0.250. The van der Waals surface area contributed by atoms with Crippen LogP contribution >= 0.6 is 11.6 Å². The highest BCUT2D eigenvalue weighted by atomic mass is 35.5. The van der Waals surface area contributed by atoms with Crippen molar-refractivity contribution in [1.82, 2.24) is 9.78 Å². The zero-order chi connectivity index (χ0) is 14.0. The van der Waals surface area contributed by atoms with Gasteiger partial charge in [-0.15, -0.1) is 0 Å². The van der Waals surface area contributed by atoms with Gasteiger partial charge in [-0.05, 0) is 18.6 Å². The Hall–Kier alpha value is -2.08. The Labute approximate surface area is 114 Å². The van der Waals surface area contributed by atoms with Crippen LogP contribution in [0.4, 0.5) is 5.69 Å². The van der Waals surface area contributed by atoms with Crippen LogP contribution in [0.3, 0.4) is 0 Å². The first kappa shape index (κ1) is 13.4. The van der Waals surface area contributed by atoms with E-state index in [9.17, 15) is 10.1 Å². The zero-order valence-corrected chi connectivity index (χ0v) is 11.2. The third kappa shape index (κ3) is 2.39. The molecule has 19 heavy (non-hydrogen) atoms. The monoisotopic (exact) mass is 281 g/mol. The largest absolute Gasteiger partial charge is 0.497 e. The van der Waals surface area contributed by atoms with E-state index in [1.54, 1.807) is 38.3 Å². The van der Waals surface area contributed by atoms with Crippen LogP contribution in [0.25, 0.3) is 5.69 Å². The van der Waals surface area contributed by atoms with Gasteiger partial charge in [0.25, 0.3) is 0 Å². The molecule has 0 atom stereocenters. The van der Waals surface area contributed by atoms with E-state index in [2.05, 4.69) is 5.10 Å². The highest BCUT2D eigenvalue weighted by Gasteiger charge is 2.26. The van der Waals surface area contributed by atoms with E-state index in [0.29, 0.717) is 23.6 Å². The molecule has 0 amide bonds. The molecule has 0 aliphatic rings. The number of nitrogens with zero attached hydrogens (tertiary/aromatic N) is 3. The zero-order valence-electron chi connectivity index (χ0n) is 10.5. The summed E-state index contributed by atoms with van der Waals surface area (Å²) in [5, 5.41) is 15.2. The minimum Gasteiger partial charge on any atom is -0.497 e. The van der Waals surface area contributed by atoms with Gasteiger partial charge >= 0.3 is 5.69 Å². The lowest BCUT2D eigenvalue weighted by Crippen LogP contribution is -1.97. The number of benzene rings is 1. The van der Waals surface area contributed by atoms with Crippen molar-refractivity contribution in [2.45, 2.75) is 13.3 Å². The number of ether oxygens (including phenoxy) is 1. The third-order valence-electron chi connectivity index (χ3n) is 2.69. The average Bonchev–Trinajstić information content (AvgIpc) is 2.75. The highest BCUT2D eigenvalue weighted by Crippen LogP contribution is 2.31. The maximum atomic E-state index is 11.0. The van der Waals surface area contributed by atoms with E-state index in [1.165, 1.54) is 4.68 Å². The Kier molecular flexibility index (Phi) is 3.71. The number of halogens is 1. The van der Waals surface area contributed by atoms with Crippen LogP contribution in [-0.2, 0) is 6.42 Å². The maximum absolute atomic E-state index is 11.0. The van der Waals surface area contributed by atoms with Crippen molar-refractivity contribution in [3.05, 3.63) is 45.2 Å². The van der Waals surface area contributed by atoms with Crippen LogP contribution in [0.5, 0.6) is 5.75 Å². The average molecular weight is 282 g/mol. The maximum Gasteiger partial charge on any atom is 0.329 e. The molecule has 1 aromatic carbocycles. The van der Waals surface area contributed by atoms with E-state index in [0.717, 1.165) is 0 Å². The van der Waals surface area contributed by atoms with Crippen molar-refractivity contribution in [2.75, 3.05) is 7.11 Å². The minimum absolute atomic E-state index is 0.00453. The third-order valence-corrected chi connectivity index (χ3v) is 3.03. The summed E-state index contributed by atoms with van der Waals surface area (Å²) in [6.07, 6.45) is 0.438. The first-order chi connectivity index (χ1) is 9.08. The van der Waals surface area contributed by atoms with Gasteiger partial charge in [0.05, 0.1) is 17.7 Å². The molecule has 0 saturated carbocycles. The standard InChI is InChI=1S/C12H12ClN3O3/c1-3-10-11(16(17)18)12(13)15(14-10)8-5-4-6-9(7-8)19-2/h4-7H,3H2,1-2H3. The van der Waals surface area contributed by atoms with Crippen molar-refractivity contribution in [1.29, 1.82) is 0 Å². The lowest BCUT2D eigenvalue weighted by molar-refractivity contribution is -0.385. The molecule has 100 valence electrons. The number of hydrogen-bond donors (Lipinski definition) is 0. The van der Waals surface area contributed by atoms with Gasteiger partial charge < -0.3 is 4.74 Å². The number of hydrogen-bond acceptors (Lipinski definition) is 4. The second kappa shape index (κ2) is 5.27. The summed E-state index contributed by atoms with van der Waals surface area (Å²) in [5.74, 6) is 0.629. The molecule has 0 fully saturated rings. The van der Waals surface area contributed by atoms with Crippen LogP contribution < -0.4 is 4.74 Å². The predicted molar refractivity (Wildman–Crippen MR) is 71.2 cm³/mol. The normalized spacial score (nSPS) is 10.5. The van der Waals surface area contributed by atoms with Crippen LogP contribution in [-0.4, -0.2) is 21.8 Å². The molecular weight excluding hydrogens is 270 g/mol. The molecule has 0 N–H and O–H groups in total. The van der Waals surface area contributed by atoms with E-state index in [1.807, 2.05) is 0 Å². The molecule has 0 unspecified atom stereocenters. The molecule has 0 saturated heterocycles. The summed E-state index contributed by atoms with van der Waals surface area (Å²) in [5.41, 5.74) is 0.831. The number of methoxy groups -OCH3 is 1. The van der Waals surface area contributed by atoms with Crippen molar-refractivity contribution in [2.24, 2.45) is 0 Å². The van der Waals surface area contributed by atoms with Gasteiger partial charge in [0.15, 0.2) is 0 Å². The number of aromatic nitrogens is 2. The van der Waals surface area contributed by atoms with Crippen molar-refractivity contribution < 1.29 is 9.66 Å². The molecule has 0 aliphatic carbocycles. The van der Waals surface area contributed by atoms with Gasteiger partial charge in [-0.25, -0.2) is 4.68 Å². The van der Waals surface area contributed by atoms with Gasteiger partial charge in [0, 0.05) is 6.07 Å². The second-order valence-corrected chi connectivity index (χ2v) is 4.17. The Morgan fingerprint density at radius 2 is 2.26 bits per heavy atom. The predicted octanol–water partition coefficient (Wildman–Crippen LogP) is 3.00. The van der Waals surface area contributed by atoms with Crippen molar-refractivity contribution in [3.63, 3.8) is 0 Å². The molecule has 0 radical (unpaired) electrons. The van der Waals surface area contributed by atoms with Crippen molar-refractivity contribution >= 4 is 17.3 Å². The van der Waals surface area contributed by atoms with Crippen molar-refractivity contribution in [3.8, 4) is 11.4 Å². The Morgan fingerprint density at radius 1 is 1.53 bits per heavy atom. The smallest absolute Gasteiger partial charge is 0.329 e. The fourth-order valence-electron chi connectivity index (χ4n) is 1.76. The van der Waals surface area contributed by atoms with Crippen LogP contribution in [0.1, 0.15) is 12.6 Å². The highest BCUT2D eigenvalue weighted by molar-refractivity contribution is 6.32. The molecule has 2 aromatic rings. The van der Waals surface area contributed by atoms with Gasteiger partial charge in [0.1, 0.15) is 11.4 Å². The molecule has 0 aliphatic heterocycles. The minimum atomic E-state index is -0.509. The number of nitro groups is 1. The van der Waals surface area contributed by atoms with Crippen LogP contribution in [0, 0.1) is 10.1 Å². The topological polar surface area (TPSA) is 70.2 Å². The summed E-state index contributed by atoms with van der Waals surface area (Å²) >= 11 is 6.05. The molecule has 6 nitrogen and oxygen atoms in total. The summed E-state index contributed by atoms with van der Waals surface area (Å²) in [4.78, 5) is 10.5. The van der Waals surface area contributed by atoms with E-state index in [-0.39, 0.29) is 10.8 Å². The van der Waals surface area contributed by atoms with Gasteiger partial charge in [-0.3, -0.25) is 10.1 Å². The fourth-order valence-corrected chi connectivity index (χ4v) is 2.08. The SMILES string of the molecule is CCc1nn(-c2cccc(OC)c2)c(Cl)c1[N+](=O)[O-]. The van der Waals surface area contributed by atoms with Gasteiger partial charge in [0.2, 0.25) is 5.15 Å². The molecule has 7 heteroatoms. The Bertz CT molecular complexity index is 625. The Morgan fingerprint density at radius 3 is 2.79 bits per heavy atom. The number of aryl methyl sites for hydroxylation is 1. The number of rotatable bonds is 4. The van der Waals surface area contributed by atoms with Crippen LogP contribution in [0.15, 0.2) is 24.3 Å². The van der Waals surface area contributed by atoms with E-state index in [4.69, 9.17) is 16.3 Å².